The Hall–Kier alpha value is -2.96. The lowest BCUT2D eigenvalue weighted by molar-refractivity contribution is -0.120. The summed E-state index contributed by atoms with van der Waals surface area (Å²) in [6.07, 6.45) is 5.57. The fourth-order valence-corrected chi connectivity index (χ4v) is 3.48. The van der Waals surface area contributed by atoms with Gasteiger partial charge in [-0.05, 0) is 49.9 Å². The SMILES string of the molecule is Cc1cc(C)cc(-n2ncc3c(NC4CCNC(=O)CC4)ncnc32)c1. The molecule has 1 unspecified atom stereocenters. The summed E-state index contributed by atoms with van der Waals surface area (Å²) in [4.78, 5) is 20.4. The van der Waals surface area contributed by atoms with Gasteiger partial charge in [0.15, 0.2) is 5.65 Å². The molecule has 1 saturated heterocycles. The zero-order valence-corrected chi connectivity index (χ0v) is 15.0. The van der Waals surface area contributed by atoms with Crippen LogP contribution in [0.2, 0.25) is 0 Å². The Morgan fingerprint density at radius 1 is 1.15 bits per heavy atom. The fraction of sp³-hybridized carbons (Fsp3) is 0.368. The van der Waals surface area contributed by atoms with Gasteiger partial charge in [0.25, 0.3) is 0 Å². The first-order chi connectivity index (χ1) is 12.6. The molecular formula is C19H22N6O. The second-order valence-corrected chi connectivity index (χ2v) is 6.88. The lowest BCUT2D eigenvalue weighted by Gasteiger charge is -2.16. The standard InChI is InChI=1S/C19H22N6O/c1-12-7-13(2)9-15(8-12)25-19-16(10-23-25)18(21-11-22-19)24-14-3-4-17(26)20-6-5-14/h7-11,14H,3-6H2,1-2H3,(H,20,26)(H,21,22,24). The molecule has 1 atom stereocenters. The minimum absolute atomic E-state index is 0.116. The Kier molecular flexibility index (Phi) is 4.28. The summed E-state index contributed by atoms with van der Waals surface area (Å²) in [5.74, 6) is 0.884. The quantitative estimate of drug-likeness (QED) is 0.758. The van der Waals surface area contributed by atoms with Crippen LogP contribution in [0.15, 0.2) is 30.7 Å². The number of benzene rings is 1. The van der Waals surface area contributed by atoms with Crippen LogP contribution < -0.4 is 10.6 Å². The van der Waals surface area contributed by atoms with E-state index in [4.69, 9.17) is 0 Å². The number of carbonyl (C=O) groups is 1. The van der Waals surface area contributed by atoms with Crippen LogP contribution in [0.5, 0.6) is 0 Å². The molecule has 26 heavy (non-hydrogen) atoms. The monoisotopic (exact) mass is 350 g/mol. The molecule has 0 radical (unpaired) electrons. The van der Waals surface area contributed by atoms with Crippen LogP contribution in [-0.2, 0) is 4.79 Å². The molecule has 3 heterocycles. The van der Waals surface area contributed by atoms with E-state index in [0.717, 1.165) is 35.4 Å². The second kappa shape index (κ2) is 6.74. The summed E-state index contributed by atoms with van der Waals surface area (Å²) in [7, 11) is 0. The Labute approximate surface area is 151 Å². The molecule has 0 saturated carbocycles. The number of anilines is 1. The van der Waals surface area contributed by atoms with E-state index >= 15 is 0 Å². The first-order valence-corrected chi connectivity index (χ1v) is 8.91. The predicted octanol–water partition coefficient (Wildman–Crippen LogP) is 2.51. The van der Waals surface area contributed by atoms with Crippen molar-refractivity contribution in [3.63, 3.8) is 0 Å². The van der Waals surface area contributed by atoms with Gasteiger partial charge in [0, 0.05) is 19.0 Å². The topological polar surface area (TPSA) is 84.7 Å². The van der Waals surface area contributed by atoms with Crippen molar-refractivity contribution in [1.82, 2.24) is 25.1 Å². The van der Waals surface area contributed by atoms with E-state index in [2.05, 4.69) is 57.7 Å². The predicted molar refractivity (Wildman–Crippen MR) is 100 cm³/mol. The Morgan fingerprint density at radius 2 is 1.96 bits per heavy atom. The van der Waals surface area contributed by atoms with Gasteiger partial charge in [-0.25, -0.2) is 14.6 Å². The first kappa shape index (κ1) is 16.5. The Bertz CT molecular complexity index is 944. The number of fused-ring (bicyclic) bond motifs is 1. The molecule has 134 valence electrons. The molecule has 2 N–H and O–H groups in total. The minimum Gasteiger partial charge on any atom is -0.367 e. The molecule has 4 rings (SSSR count). The summed E-state index contributed by atoms with van der Waals surface area (Å²) in [5, 5.41) is 11.8. The average Bonchev–Trinajstić information content (AvgIpc) is 2.93. The molecular weight excluding hydrogens is 328 g/mol. The van der Waals surface area contributed by atoms with Gasteiger partial charge in [-0.1, -0.05) is 6.07 Å². The van der Waals surface area contributed by atoms with Gasteiger partial charge in [-0.2, -0.15) is 5.10 Å². The number of hydrogen-bond donors (Lipinski definition) is 2. The molecule has 0 aliphatic carbocycles. The Morgan fingerprint density at radius 3 is 2.77 bits per heavy atom. The van der Waals surface area contributed by atoms with E-state index in [1.54, 1.807) is 12.5 Å². The normalized spacial score (nSPS) is 17.8. The van der Waals surface area contributed by atoms with E-state index in [9.17, 15) is 4.79 Å². The largest absolute Gasteiger partial charge is 0.367 e. The molecule has 1 fully saturated rings. The van der Waals surface area contributed by atoms with Crippen LogP contribution in [0.4, 0.5) is 5.82 Å². The van der Waals surface area contributed by atoms with Crippen molar-refractivity contribution in [3.05, 3.63) is 41.9 Å². The van der Waals surface area contributed by atoms with E-state index in [-0.39, 0.29) is 11.9 Å². The van der Waals surface area contributed by atoms with Crippen molar-refractivity contribution in [2.75, 3.05) is 11.9 Å². The third kappa shape index (κ3) is 3.24. The zero-order valence-electron chi connectivity index (χ0n) is 15.0. The smallest absolute Gasteiger partial charge is 0.220 e. The maximum atomic E-state index is 11.5. The number of carbonyl (C=O) groups excluding carboxylic acids is 1. The molecule has 7 heteroatoms. The Balaban J connectivity index is 1.68. The molecule has 1 amide bonds. The summed E-state index contributed by atoms with van der Waals surface area (Å²) in [5.41, 5.74) is 4.14. The zero-order chi connectivity index (χ0) is 18.1. The number of nitrogens with zero attached hydrogens (tertiary/aromatic N) is 4. The van der Waals surface area contributed by atoms with Crippen molar-refractivity contribution >= 4 is 22.8 Å². The molecule has 0 spiro atoms. The minimum atomic E-state index is 0.116. The van der Waals surface area contributed by atoms with Gasteiger partial charge < -0.3 is 10.6 Å². The second-order valence-electron chi connectivity index (χ2n) is 6.88. The maximum Gasteiger partial charge on any atom is 0.220 e. The summed E-state index contributed by atoms with van der Waals surface area (Å²) >= 11 is 0. The lowest BCUT2D eigenvalue weighted by Crippen LogP contribution is -2.23. The highest BCUT2D eigenvalue weighted by atomic mass is 16.1. The number of nitrogens with one attached hydrogen (secondary N) is 2. The number of aromatic nitrogens is 4. The number of aryl methyl sites for hydroxylation is 2. The average molecular weight is 350 g/mol. The van der Waals surface area contributed by atoms with Crippen LogP contribution >= 0.6 is 0 Å². The number of rotatable bonds is 3. The van der Waals surface area contributed by atoms with Gasteiger partial charge in [0.2, 0.25) is 5.91 Å². The van der Waals surface area contributed by atoms with E-state index in [1.165, 1.54) is 11.1 Å². The van der Waals surface area contributed by atoms with Crippen molar-refractivity contribution in [2.24, 2.45) is 0 Å². The van der Waals surface area contributed by atoms with Gasteiger partial charge in [-0.15, -0.1) is 0 Å². The maximum absolute atomic E-state index is 11.5. The van der Waals surface area contributed by atoms with Gasteiger partial charge >= 0.3 is 0 Å². The van der Waals surface area contributed by atoms with E-state index < -0.39 is 0 Å². The molecule has 1 aromatic carbocycles. The molecule has 3 aromatic rings. The lowest BCUT2D eigenvalue weighted by atomic mass is 10.1. The van der Waals surface area contributed by atoms with Crippen molar-refractivity contribution in [2.45, 2.75) is 39.2 Å². The van der Waals surface area contributed by atoms with Crippen LogP contribution in [0.3, 0.4) is 0 Å². The van der Waals surface area contributed by atoms with Crippen molar-refractivity contribution < 1.29 is 4.79 Å². The highest BCUT2D eigenvalue weighted by Crippen LogP contribution is 2.24. The van der Waals surface area contributed by atoms with Crippen molar-refractivity contribution in [3.8, 4) is 5.69 Å². The number of amides is 1. The third-order valence-corrected chi connectivity index (χ3v) is 4.69. The van der Waals surface area contributed by atoms with Crippen LogP contribution in [0.1, 0.15) is 30.4 Å². The number of hydrogen-bond acceptors (Lipinski definition) is 5. The highest BCUT2D eigenvalue weighted by Gasteiger charge is 2.18. The highest BCUT2D eigenvalue weighted by molar-refractivity contribution is 5.87. The first-order valence-electron chi connectivity index (χ1n) is 8.91. The summed E-state index contributed by atoms with van der Waals surface area (Å²) in [6.45, 7) is 4.84. The van der Waals surface area contributed by atoms with Crippen LogP contribution in [0, 0.1) is 13.8 Å². The van der Waals surface area contributed by atoms with Gasteiger partial charge in [-0.3, -0.25) is 4.79 Å². The molecule has 1 aliphatic heterocycles. The molecule has 7 nitrogen and oxygen atoms in total. The summed E-state index contributed by atoms with van der Waals surface area (Å²) in [6, 6.07) is 6.53. The summed E-state index contributed by atoms with van der Waals surface area (Å²) < 4.78 is 1.85. The van der Waals surface area contributed by atoms with Crippen molar-refractivity contribution in [1.29, 1.82) is 0 Å². The molecule has 0 bridgehead atoms. The van der Waals surface area contributed by atoms with E-state index in [1.807, 2.05) is 4.68 Å². The van der Waals surface area contributed by atoms with Crippen LogP contribution in [0.25, 0.3) is 16.7 Å². The van der Waals surface area contributed by atoms with E-state index in [0.29, 0.717) is 13.0 Å². The van der Waals surface area contributed by atoms with Gasteiger partial charge in [0.1, 0.15) is 12.1 Å². The molecule has 1 aliphatic rings. The fourth-order valence-electron chi connectivity index (χ4n) is 3.48. The van der Waals surface area contributed by atoms with Gasteiger partial charge in [0.05, 0.1) is 17.3 Å². The third-order valence-electron chi connectivity index (χ3n) is 4.69. The molecule has 2 aromatic heterocycles. The van der Waals surface area contributed by atoms with Crippen LogP contribution in [-0.4, -0.2) is 38.2 Å².